The van der Waals surface area contributed by atoms with Crippen molar-refractivity contribution in [2.24, 2.45) is 5.92 Å². The van der Waals surface area contributed by atoms with Gasteiger partial charge in [0.1, 0.15) is 5.75 Å². The van der Waals surface area contributed by atoms with Crippen LogP contribution in [-0.4, -0.2) is 6.61 Å². The number of hydrogen-bond acceptors (Lipinski definition) is 1. The summed E-state index contributed by atoms with van der Waals surface area (Å²) in [6.45, 7) is 5.28. The molecule has 1 fully saturated rings. The van der Waals surface area contributed by atoms with Gasteiger partial charge in [-0.05, 0) is 98.2 Å². The maximum Gasteiger partial charge on any atom is 0.119 e. The highest BCUT2D eigenvalue weighted by molar-refractivity contribution is 5.40. The van der Waals surface area contributed by atoms with Crippen LogP contribution < -0.4 is 4.74 Å². The molecule has 1 aliphatic rings. The molecule has 33 heavy (non-hydrogen) atoms. The SMILES string of the molecule is CCCCCOc1ccc(C#CC=CC2CCC(c3ccc(CCCCC)cc3)CC2)cc1. The molecule has 1 saturated carbocycles. The van der Waals surface area contributed by atoms with Gasteiger partial charge in [0.2, 0.25) is 0 Å². The molecule has 0 N–H and O–H groups in total. The Bertz CT molecular complexity index is 871. The first kappa shape index (κ1) is 25.2. The molecule has 3 rings (SSSR count). The number of allylic oxidation sites excluding steroid dienone is 2. The highest BCUT2D eigenvalue weighted by Crippen LogP contribution is 2.36. The number of rotatable bonds is 11. The summed E-state index contributed by atoms with van der Waals surface area (Å²) >= 11 is 0. The fourth-order valence-electron chi connectivity index (χ4n) is 4.67. The van der Waals surface area contributed by atoms with Gasteiger partial charge in [0.15, 0.2) is 0 Å². The van der Waals surface area contributed by atoms with E-state index in [-0.39, 0.29) is 0 Å². The monoisotopic (exact) mass is 442 g/mol. The lowest BCUT2D eigenvalue weighted by Crippen LogP contribution is -2.11. The van der Waals surface area contributed by atoms with Crippen molar-refractivity contribution in [1.82, 2.24) is 0 Å². The summed E-state index contributed by atoms with van der Waals surface area (Å²) in [5.74, 6) is 8.82. The summed E-state index contributed by atoms with van der Waals surface area (Å²) in [7, 11) is 0. The van der Waals surface area contributed by atoms with Crippen LogP contribution in [0.3, 0.4) is 0 Å². The van der Waals surface area contributed by atoms with Crippen molar-refractivity contribution in [3.05, 3.63) is 77.4 Å². The molecule has 1 heteroatoms. The zero-order valence-corrected chi connectivity index (χ0v) is 20.8. The number of unbranched alkanes of at least 4 members (excludes halogenated alkanes) is 4. The average molecular weight is 443 g/mol. The Balaban J connectivity index is 1.39. The van der Waals surface area contributed by atoms with Crippen LogP contribution >= 0.6 is 0 Å². The Labute approximate surface area is 202 Å². The van der Waals surface area contributed by atoms with Crippen LogP contribution in [0.15, 0.2) is 60.7 Å². The Morgan fingerprint density at radius 1 is 0.818 bits per heavy atom. The van der Waals surface area contributed by atoms with E-state index in [0.717, 1.165) is 30.3 Å². The molecule has 0 radical (unpaired) electrons. The second-order valence-corrected chi connectivity index (χ2v) is 9.52. The van der Waals surface area contributed by atoms with Crippen molar-refractivity contribution in [3.63, 3.8) is 0 Å². The largest absolute Gasteiger partial charge is 0.494 e. The summed E-state index contributed by atoms with van der Waals surface area (Å²) in [4.78, 5) is 0. The molecule has 0 spiro atoms. The van der Waals surface area contributed by atoms with E-state index in [1.807, 2.05) is 12.1 Å². The average Bonchev–Trinajstić information content (AvgIpc) is 2.86. The molecular weight excluding hydrogens is 400 g/mol. The highest BCUT2D eigenvalue weighted by Gasteiger charge is 2.20. The third-order valence-electron chi connectivity index (χ3n) is 6.83. The van der Waals surface area contributed by atoms with E-state index < -0.39 is 0 Å². The number of hydrogen-bond donors (Lipinski definition) is 0. The first-order valence-electron chi connectivity index (χ1n) is 13.3. The van der Waals surface area contributed by atoms with Crippen molar-refractivity contribution >= 4 is 0 Å². The summed E-state index contributed by atoms with van der Waals surface area (Å²) in [6.07, 6.45) is 18.2. The van der Waals surface area contributed by atoms with Crippen LogP contribution in [0.4, 0.5) is 0 Å². The van der Waals surface area contributed by atoms with E-state index in [0.29, 0.717) is 5.92 Å². The molecule has 176 valence electrons. The number of ether oxygens (including phenoxy) is 1. The van der Waals surface area contributed by atoms with E-state index in [2.05, 4.69) is 74.2 Å². The van der Waals surface area contributed by atoms with E-state index in [1.165, 1.54) is 75.3 Å². The van der Waals surface area contributed by atoms with Crippen molar-refractivity contribution < 1.29 is 4.74 Å². The summed E-state index contributed by atoms with van der Waals surface area (Å²) in [5, 5.41) is 0. The molecule has 0 aromatic heterocycles. The molecule has 1 nitrogen and oxygen atoms in total. The van der Waals surface area contributed by atoms with E-state index >= 15 is 0 Å². The zero-order valence-electron chi connectivity index (χ0n) is 20.8. The van der Waals surface area contributed by atoms with Gasteiger partial charge in [-0.3, -0.25) is 0 Å². The predicted octanol–water partition coefficient (Wildman–Crippen LogP) is 8.87. The fourth-order valence-corrected chi connectivity index (χ4v) is 4.67. The van der Waals surface area contributed by atoms with Gasteiger partial charge in [0, 0.05) is 5.56 Å². The van der Waals surface area contributed by atoms with Crippen LogP contribution in [0.2, 0.25) is 0 Å². The molecule has 1 aliphatic carbocycles. The first-order chi connectivity index (χ1) is 16.3. The predicted molar refractivity (Wildman–Crippen MR) is 142 cm³/mol. The molecule has 0 unspecified atom stereocenters. The van der Waals surface area contributed by atoms with Gasteiger partial charge in [-0.1, -0.05) is 81.7 Å². The van der Waals surface area contributed by atoms with Crippen LogP contribution in [0.1, 0.15) is 101 Å². The molecule has 0 aliphatic heterocycles. The smallest absolute Gasteiger partial charge is 0.119 e. The standard InChI is InChI=1S/C32H42O/c1-3-5-7-11-27-14-20-30(21-15-27)31-22-16-28(17-23-31)12-8-9-13-29-18-24-32(25-19-29)33-26-10-6-4-2/h8,12,14-15,18-21,24-25,28,31H,3-7,10-11,16-17,22-23,26H2,1-2H3. The summed E-state index contributed by atoms with van der Waals surface area (Å²) in [6, 6.07) is 17.6. The third-order valence-corrected chi connectivity index (χ3v) is 6.83. The van der Waals surface area contributed by atoms with Crippen molar-refractivity contribution in [1.29, 1.82) is 0 Å². The first-order valence-corrected chi connectivity index (χ1v) is 13.3. The van der Waals surface area contributed by atoms with E-state index in [4.69, 9.17) is 4.74 Å². The van der Waals surface area contributed by atoms with E-state index in [1.54, 1.807) is 0 Å². The molecule has 2 aromatic rings. The van der Waals surface area contributed by atoms with Crippen LogP contribution in [0, 0.1) is 17.8 Å². The molecule has 0 heterocycles. The van der Waals surface area contributed by atoms with Gasteiger partial charge in [0.05, 0.1) is 6.61 Å². The minimum Gasteiger partial charge on any atom is -0.494 e. The van der Waals surface area contributed by atoms with Crippen molar-refractivity contribution in [2.45, 2.75) is 90.4 Å². The lowest BCUT2D eigenvalue weighted by atomic mass is 9.78. The molecule has 0 amide bonds. The summed E-state index contributed by atoms with van der Waals surface area (Å²) in [5.41, 5.74) is 4.08. The van der Waals surface area contributed by atoms with Crippen molar-refractivity contribution in [2.75, 3.05) is 6.61 Å². The Kier molecular flexibility index (Phi) is 11.2. The number of benzene rings is 2. The van der Waals surface area contributed by atoms with Gasteiger partial charge in [-0.15, -0.1) is 0 Å². The van der Waals surface area contributed by atoms with Crippen LogP contribution in [-0.2, 0) is 6.42 Å². The molecule has 0 saturated heterocycles. The lowest BCUT2D eigenvalue weighted by Gasteiger charge is -2.27. The maximum absolute atomic E-state index is 5.77. The normalized spacial score (nSPS) is 18.1. The highest BCUT2D eigenvalue weighted by atomic mass is 16.5. The topological polar surface area (TPSA) is 9.23 Å². The maximum atomic E-state index is 5.77. The van der Waals surface area contributed by atoms with Crippen molar-refractivity contribution in [3.8, 4) is 17.6 Å². The van der Waals surface area contributed by atoms with Gasteiger partial charge >= 0.3 is 0 Å². The quantitative estimate of drug-likeness (QED) is 0.249. The fraction of sp³-hybridized carbons (Fsp3) is 0.500. The Morgan fingerprint density at radius 2 is 1.52 bits per heavy atom. The van der Waals surface area contributed by atoms with Crippen LogP contribution in [0.5, 0.6) is 5.75 Å². The molecule has 0 atom stereocenters. The number of aryl methyl sites for hydroxylation is 1. The third kappa shape index (κ3) is 9.13. The van der Waals surface area contributed by atoms with Crippen LogP contribution in [0.25, 0.3) is 0 Å². The molecular formula is C32H42O. The Morgan fingerprint density at radius 3 is 2.21 bits per heavy atom. The van der Waals surface area contributed by atoms with Gasteiger partial charge in [0.25, 0.3) is 0 Å². The Hall–Kier alpha value is -2.46. The van der Waals surface area contributed by atoms with Gasteiger partial charge < -0.3 is 4.74 Å². The van der Waals surface area contributed by atoms with Gasteiger partial charge in [-0.2, -0.15) is 0 Å². The molecule has 2 aromatic carbocycles. The van der Waals surface area contributed by atoms with E-state index in [9.17, 15) is 0 Å². The minimum atomic E-state index is 0.669. The minimum absolute atomic E-state index is 0.669. The molecule has 0 bridgehead atoms. The second-order valence-electron chi connectivity index (χ2n) is 9.52. The zero-order chi connectivity index (χ0) is 23.1. The van der Waals surface area contributed by atoms with Gasteiger partial charge in [-0.25, -0.2) is 0 Å². The summed E-state index contributed by atoms with van der Waals surface area (Å²) < 4.78 is 5.77. The lowest BCUT2D eigenvalue weighted by molar-refractivity contribution is 0.306. The second kappa shape index (κ2) is 14.6.